The van der Waals surface area contributed by atoms with Crippen LogP contribution in [0.3, 0.4) is 0 Å². The quantitative estimate of drug-likeness (QED) is 0.500. The van der Waals surface area contributed by atoms with Gasteiger partial charge >= 0.3 is 6.18 Å². The fraction of sp³-hybridized carbons (Fsp3) is 0.333. The summed E-state index contributed by atoms with van der Waals surface area (Å²) < 4.78 is 39.6. The monoisotopic (exact) mass is 440 g/mol. The molecule has 166 valence electrons. The Morgan fingerprint density at radius 3 is 2.53 bits per heavy atom. The molecule has 0 unspecified atom stereocenters. The molecule has 1 aromatic heterocycles. The summed E-state index contributed by atoms with van der Waals surface area (Å²) in [6, 6.07) is 11.1. The molecular weight excluding hydrogens is 417 g/mol. The van der Waals surface area contributed by atoms with Gasteiger partial charge in [0, 0.05) is 34.9 Å². The lowest BCUT2D eigenvalue weighted by Gasteiger charge is -2.30. The lowest BCUT2D eigenvalue weighted by molar-refractivity contribution is -0.137. The lowest BCUT2D eigenvalue weighted by atomic mass is 9.90. The number of hydrogen-bond donors (Lipinski definition) is 3. The van der Waals surface area contributed by atoms with Gasteiger partial charge < -0.3 is 15.6 Å². The van der Waals surface area contributed by atoms with Gasteiger partial charge in [0.1, 0.15) is 0 Å². The fourth-order valence-electron chi connectivity index (χ4n) is 4.39. The number of anilines is 1. The second-order valence-corrected chi connectivity index (χ2v) is 8.24. The van der Waals surface area contributed by atoms with E-state index in [1.165, 1.54) is 12.1 Å². The van der Waals surface area contributed by atoms with Gasteiger partial charge in [-0.2, -0.15) is 18.4 Å². The minimum Gasteiger partial charge on any atom is -0.382 e. The number of H-pyrrole nitrogens is 1. The molecule has 4 rings (SSSR count). The molecule has 0 bridgehead atoms. The zero-order valence-corrected chi connectivity index (χ0v) is 17.5. The number of aryl methyl sites for hydroxylation is 1. The Bertz CT molecular complexity index is 1180. The third kappa shape index (κ3) is 4.42. The van der Waals surface area contributed by atoms with Crippen LogP contribution in [0.1, 0.15) is 52.7 Å². The average Bonchev–Trinajstić information content (AvgIpc) is 3.20. The maximum atomic E-state index is 13.2. The first-order valence-electron chi connectivity index (χ1n) is 10.5. The second kappa shape index (κ2) is 8.58. The first-order chi connectivity index (χ1) is 15.3. The van der Waals surface area contributed by atoms with E-state index in [1.807, 2.05) is 25.1 Å². The van der Waals surface area contributed by atoms with E-state index in [0.717, 1.165) is 48.2 Å². The minimum atomic E-state index is -4.58. The van der Waals surface area contributed by atoms with E-state index in [2.05, 4.69) is 15.6 Å². The number of halogens is 3. The topological polar surface area (TPSA) is 80.7 Å². The van der Waals surface area contributed by atoms with Gasteiger partial charge in [-0.15, -0.1) is 0 Å². The molecular formula is C24H23F3N4O. The summed E-state index contributed by atoms with van der Waals surface area (Å²) in [4.78, 5) is 16.0. The minimum absolute atomic E-state index is 0.00695. The van der Waals surface area contributed by atoms with Gasteiger partial charge in [-0.1, -0.05) is 12.1 Å². The Labute approximate surface area is 183 Å². The number of rotatable bonds is 4. The van der Waals surface area contributed by atoms with Gasteiger partial charge in [0.25, 0.3) is 5.91 Å². The highest BCUT2D eigenvalue weighted by atomic mass is 19.4. The number of fused-ring (bicyclic) bond motifs is 1. The summed E-state index contributed by atoms with van der Waals surface area (Å²) >= 11 is 0. The van der Waals surface area contributed by atoms with E-state index in [1.54, 1.807) is 12.3 Å². The van der Waals surface area contributed by atoms with Crippen molar-refractivity contribution in [3.8, 4) is 6.07 Å². The zero-order valence-electron chi connectivity index (χ0n) is 17.5. The van der Waals surface area contributed by atoms with Crippen LogP contribution in [0.5, 0.6) is 0 Å². The third-order valence-corrected chi connectivity index (χ3v) is 6.04. The molecule has 0 aliphatic heterocycles. The van der Waals surface area contributed by atoms with E-state index in [-0.39, 0.29) is 23.6 Å². The van der Waals surface area contributed by atoms with Gasteiger partial charge in [0.2, 0.25) is 0 Å². The highest BCUT2D eigenvalue weighted by Gasteiger charge is 2.34. The van der Waals surface area contributed by atoms with Gasteiger partial charge in [-0.3, -0.25) is 4.79 Å². The first kappa shape index (κ1) is 21.8. The van der Waals surface area contributed by atoms with Crippen LogP contribution in [-0.4, -0.2) is 23.0 Å². The predicted molar refractivity (Wildman–Crippen MR) is 116 cm³/mol. The highest BCUT2D eigenvalue weighted by molar-refractivity contribution is 6.07. The van der Waals surface area contributed by atoms with Crippen molar-refractivity contribution in [1.29, 1.82) is 5.26 Å². The van der Waals surface area contributed by atoms with Crippen LogP contribution in [0.2, 0.25) is 0 Å². The molecule has 0 spiro atoms. The van der Waals surface area contributed by atoms with Gasteiger partial charge in [0.05, 0.1) is 22.8 Å². The van der Waals surface area contributed by atoms with Crippen LogP contribution in [0, 0.1) is 18.3 Å². The van der Waals surface area contributed by atoms with Gasteiger partial charge in [-0.05, 0) is 62.4 Å². The zero-order chi connectivity index (χ0) is 22.9. The number of aromatic nitrogens is 1. The maximum absolute atomic E-state index is 13.2. The Kier molecular flexibility index (Phi) is 5.83. The van der Waals surface area contributed by atoms with Crippen LogP contribution in [0.25, 0.3) is 10.9 Å². The Hall–Kier alpha value is -3.47. The number of hydrogen-bond acceptors (Lipinski definition) is 3. The van der Waals surface area contributed by atoms with E-state index in [4.69, 9.17) is 5.26 Å². The first-order valence-corrected chi connectivity index (χ1v) is 10.5. The lowest BCUT2D eigenvalue weighted by Crippen LogP contribution is -2.40. The molecule has 0 radical (unpaired) electrons. The van der Waals surface area contributed by atoms with Crippen molar-refractivity contribution >= 4 is 22.5 Å². The molecule has 1 fully saturated rings. The van der Waals surface area contributed by atoms with E-state index >= 15 is 0 Å². The molecule has 32 heavy (non-hydrogen) atoms. The van der Waals surface area contributed by atoms with Crippen molar-refractivity contribution in [2.75, 3.05) is 5.32 Å². The summed E-state index contributed by atoms with van der Waals surface area (Å²) in [6.45, 7) is 1.97. The number of nitriles is 1. The van der Waals surface area contributed by atoms with Gasteiger partial charge in [0.15, 0.2) is 0 Å². The number of nitrogens with one attached hydrogen (secondary N) is 3. The molecule has 1 aliphatic carbocycles. The van der Waals surface area contributed by atoms with Crippen LogP contribution in [-0.2, 0) is 6.18 Å². The van der Waals surface area contributed by atoms with Crippen molar-refractivity contribution in [3.63, 3.8) is 0 Å². The van der Waals surface area contributed by atoms with E-state index in [0.29, 0.717) is 11.3 Å². The number of carbonyl (C=O) groups is 1. The summed E-state index contributed by atoms with van der Waals surface area (Å²) in [7, 11) is 0. The second-order valence-electron chi connectivity index (χ2n) is 8.24. The number of alkyl halides is 3. The van der Waals surface area contributed by atoms with Crippen molar-refractivity contribution in [2.45, 2.75) is 50.9 Å². The molecule has 1 heterocycles. The SMILES string of the molecule is Cc1cccc2[nH]cc(C(=O)NC3CCC(Nc4ccc(C#N)c(C(F)(F)F)c4)CC3)c12. The molecule has 8 heteroatoms. The molecule has 1 amide bonds. The standard InChI is InChI=1S/C24H23F3N4O/c1-14-3-2-4-21-22(14)19(13-29-21)23(32)31-17-9-7-16(8-10-17)30-18-6-5-15(12-28)20(11-18)24(25,26)27/h2-6,11,13,16-17,29-30H,7-10H2,1H3,(H,31,32). The number of aromatic amines is 1. The average molecular weight is 440 g/mol. The van der Waals surface area contributed by atoms with Crippen LogP contribution in [0.15, 0.2) is 42.6 Å². The smallest absolute Gasteiger partial charge is 0.382 e. The molecule has 0 saturated heterocycles. The summed E-state index contributed by atoms with van der Waals surface area (Å²) in [5.74, 6) is -0.121. The molecule has 3 N–H and O–H groups in total. The van der Waals surface area contributed by atoms with Crippen molar-refractivity contribution in [3.05, 3.63) is 64.8 Å². The number of nitrogens with zero attached hydrogens (tertiary/aromatic N) is 1. The third-order valence-electron chi connectivity index (χ3n) is 6.04. The van der Waals surface area contributed by atoms with Crippen LogP contribution in [0.4, 0.5) is 18.9 Å². The maximum Gasteiger partial charge on any atom is 0.417 e. The summed E-state index contributed by atoms with van der Waals surface area (Å²) in [6.07, 6.45) is 0.0491. The Morgan fingerprint density at radius 2 is 1.84 bits per heavy atom. The van der Waals surface area contributed by atoms with E-state index < -0.39 is 11.7 Å². The fourth-order valence-corrected chi connectivity index (χ4v) is 4.39. The summed E-state index contributed by atoms with van der Waals surface area (Å²) in [5.41, 5.74) is 1.60. The molecule has 0 atom stereocenters. The molecule has 2 aromatic carbocycles. The molecule has 5 nitrogen and oxygen atoms in total. The van der Waals surface area contributed by atoms with E-state index in [9.17, 15) is 18.0 Å². The number of benzene rings is 2. The van der Waals surface area contributed by atoms with Crippen LogP contribution >= 0.6 is 0 Å². The highest BCUT2D eigenvalue weighted by Crippen LogP contribution is 2.34. The van der Waals surface area contributed by atoms with Crippen LogP contribution < -0.4 is 10.6 Å². The molecule has 1 aliphatic rings. The van der Waals surface area contributed by atoms with Gasteiger partial charge in [-0.25, -0.2) is 0 Å². The number of carbonyl (C=O) groups excluding carboxylic acids is 1. The van der Waals surface area contributed by atoms with Crippen molar-refractivity contribution in [1.82, 2.24) is 10.3 Å². The number of amides is 1. The summed E-state index contributed by atoms with van der Waals surface area (Å²) in [5, 5.41) is 16.1. The molecule has 1 saturated carbocycles. The Balaban J connectivity index is 1.37. The molecule has 3 aromatic rings. The predicted octanol–water partition coefficient (Wildman–Crippen LogP) is 5.52. The largest absolute Gasteiger partial charge is 0.417 e. The Morgan fingerprint density at radius 1 is 1.12 bits per heavy atom. The normalized spacial score (nSPS) is 18.8. The van der Waals surface area contributed by atoms with Crippen molar-refractivity contribution in [2.24, 2.45) is 0 Å². The van der Waals surface area contributed by atoms with Crippen molar-refractivity contribution < 1.29 is 18.0 Å².